The molecule has 0 aromatic heterocycles. The Bertz CT molecular complexity index is 442. The monoisotopic (exact) mass is 279 g/mol. The molecule has 1 rings (SSSR count). The Morgan fingerprint density at radius 3 is 2.40 bits per heavy atom. The number of hydrogen-bond acceptors (Lipinski definition) is 3. The summed E-state index contributed by atoms with van der Waals surface area (Å²) in [4.78, 5) is 22.8. The number of amides is 1. The van der Waals surface area contributed by atoms with Crippen LogP contribution in [-0.2, 0) is 16.0 Å². The van der Waals surface area contributed by atoms with Crippen molar-refractivity contribution in [2.75, 3.05) is 0 Å². The van der Waals surface area contributed by atoms with Crippen LogP contribution in [0.25, 0.3) is 0 Å². The predicted molar refractivity (Wildman–Crippen MR) is 75.5 cm³/mol. The Morgan fingerprint density at radius 1 is 1.20 bits per heavy atom. The second-order valence-electron chi connectivity index (χ2n) is 4.79. The molecule has 1 aromatic carbocycles. The predicted octanol–water partition coefficient (Wildman–Crippen LogP) is 2.08. The number of unbranched alkanes of at least 4 members (excludes halogenated alkanes) is 2. The fraction of sp³-hybridized carbons (Fsp3) is 0.467. The van der Waals surface area contributed by atoms with Gasteiger partial charge in [-0.25, -0.2) is 4.79 Å². The first-order valence-corrected chi connectivity index (χ1v) is 6.83. The molecule has 0 bridgehead atoms. The molecule has 1 atom stereocenters. The number of carbonyl (C=O) groups is 2. The summed E-state index contributed by atoms with van der Waals surface area (Å²) in [6.45, 7) is 2.04. The van der Waals surface area contributed by atoms with Crippen LogP contribution in [0.2, 0.25) is 0 Å². The zero-order valence-electron chi connectivity index (χ0n) is 11.6. The Hall–Kier alpha value is -2.04. The van der Waals surface area contributed by atoms with Crippen LogP contribution < -0.4 is 5.32 Å². The molecule has 0 radical (unpaired) electrons. The molecule has 0 aliphatic carbocycles. The maximum atomic E-state index is 11.7. The van der Waals surface area contributed by atoms with E-state index in [-0.39, 0.29) is 18.1 Å². The second kappa shape index (κ2) is 8.19. The van der Waals surface area contributed by atoms with E-state index in [2.05, 4.69) is 5.32 Å². The molecule has 110 valence electrons. The SMILES string of the molecule is CCCCCC(=O)N[C@H](Cc1ccc(O)cc1)C(=O)O. The van der Waals surface area contributed by atoms with E-state index in [0.717, 1.165) is 24.8 Å². The smallest absolute Gasteiger partial charge is 0.326 e. The van der Waals surface area contributed by atoms with Gasteiger partial charge in [0.15, 0.2) is 0 Å². The summed E-state index contributed by atoms with van der Waals surface area (Å²) < 4.78 is 0. The molecule has 0 aliphatic heterocycles. The number of phenols is 1. The third-order valence-corrected chi connectivity index (χ3v) is 3.02. The summed E-state index contributed by atoms with van der Waals surface area (Å²) in [6, 6.07) is 5.35. The van der Waals surface area contributed by atoms with Gasteiger partial charge in [0.25, 0.3) is 0 Å². The van der Waals surface area contributed by atoms with Gasteiger partial charge in [0.05, 0.1) is 0 Å². The molecule has 5 heteroatoms. The summed E-state index contributed by atoms with van der Waals surface area (Å²) in [6.07, 6.45) is 3.31. The number of aromatic hydroxyl groups is 1. The first kappa shape index (κ1) is 16.0. The lowest BCUT2D eigenvalue weighted by Crippen LogP contribution is -2.42. The highest BCUT2D eigenvalue weighted by Gasteiger charge is 2.20. The highest BCUT2D eigenvalue weighted by Crippen LogP contribution is 2.11. The van der Waals surface area contributed by atoms with Gasteiger partial charge in [0, 0.05) is 12.8 Å². The van der Waals surface area contributed by atoms with Crippen molar-refractivity contribution in [2.45, 2.75) is 45.1 Å². The minimum absolute atomic E-state index is 0.129. The number of benzene rings is 1. The summed E-state index contributed by atoms with van der Waals surface area (Å²) in [7, 11) is 0. The number of hydrogen-bond donors (Lipinski definition) is 3. The fourth-order valence-electron chi connectivity index (χ4n) is 1.87. The molecule has 1 aromatic rings. The van der Waals surface area contributed by atoms with E-state index in [1.165, 1.54) is 12.1 Å². The molecule has 0 spiro atoms. The molecule has 0 unspecified atom stereocenters. The molecule has 3 N–H and O–H groups in total. The van der Waals surface area contributed by atoms with E-state index in [1.807, 2.05) is 6.92 Å². The van der Waals surface area contributed by atoms with Gasteiger partial charge in [-0.15, -0.1) is 0 Å². The topological polar surface area (TPSA) is 86.6 Å². The molecule has 0 saturated heterocycles. The Balaban J connectivity index is 2.54. The van der Waals surface area contributed by atoms with Crippen molar-refractivity contribution >= 4 is 11.9 Å². The van der Waals surface area contributed by atoms with Gasteiger partial charge >= 0.3 is 5.97 Å². The normalized spacial score (nSPS) is 11.8. The van der Waals surface area contributed by atoms with Crippen molar-refractivity contribution in [2.24, 2.45) is 0 Å². The second-order valence-corrected chi connectivity index (χ2v) is 4.79. The number of phenolic OH excluding ortho intramolecular Hbond substituents is 1. The van der Waals surface area contributed by atoms with Gasteiger partial charge in [-0.05, 0) is 24.1 Å². The molecule has 0 heterocycles. The van der Waals surface area contributed by atoms with Gasteiger partial charge in [0.2, 0.25) is 5.91 Å². The van der Waals surface area contributed by atoms with E-state index in [9.17, 15) is 14.7 Å². The minimum Gasteiger partial charge on any atom is -0.508 e. The summed E-state index contributed by atoms with van der Waals surface area (Å²) in [5.74, 6) is -1.16. The quantitative estimate of drug-likeness (QED) is 0.636. The molecule has 0 fully saturated rings. The van der Waals surface area contributed by atoms with Crippen LogP contribution >= 0.6 is 0 Å². The van der Waals surface area contributed by atoms with Crippen LogP contribution in [0.1, 0.15) is 38.2 Å². The zero-order chi connectivity index (χ0) is 15.0. The van der Waals surface area contributed by atoms with Crippen LogP contribution in [-0.4, -0.2) is 28.1 Å². The largest absolute Gasteiger partial charge is 0.508 e. The van der Waals surface area contributed by atoms with E-state index < -0.39 is 12.0 Å². The van der Waals surface area contributed by atoms with Crippen LogP contribution in [0.4, 0.5) is 0 Å². The average molecular weight is 279 g/mol. The third-order valence-electron chi connectivity index (χ3n) is 3.02. The molecule has 20 heavy (non-hydrogen) atoms. The molecule has 5 nitrogen and oxygen atoms in total. The highest BCUT2D eigenvalue weighted by atomic mass is 16.4. The van der Waals surface area contributed by atoms with Crippen molar-refractivity contribution < 1.29 is 19.8 Å². The van der Waals surface area contributed by atoms with Gasteiger partial charge < -0.3 is 15.5 Å². The first-order chi connectivity index (χ1) is 9.52. The first-order valence-electron chi connectivity index (χ1n) is 6.83. The lowest BCUT2D eigenvalue weighted by atomic mass is 10.1. The third kappa shape index (κ3) is 5.73. The van der Waals surface area contributed by atoms with Crippen LogP contribution in [0.15, 0.2) is 24.3 Å². The summed E-state index contributed by atoms with van der Waals surface area (Å²) >= 11 is 0. The number of carboxylic acid groups (broad SMARTS) is 1. The van der Waals surface area contributed by atoms with Crippen molar-refractivity contribution in [1.29, 1.82) is 0 Å². The van der Waals surface area contributed by atoms with Gasteiger partial charge in [-0.2, -0.15) is 0 Å². The van der Waals surface area contributed by atoms with Crippen LogP contribution in [0.5, 0.6) is 5.75 Å². The van der Waals surface area contributed by atoms with Crippen molar-refractivity contribution in [3.63, 3.8) is 0 Å². The molecule has 0 saturated carbocycles. The fourth-order valence-corrected chi connectivity index (χ4v) is 1.87. The zero-order valence-corrected chi connectivity index (χ0v) is 11.6. The molecular formula is C15H21NO4. The lowest BCUT2D eigenvalue weighted by Gasteiger charge is -2.14. The standard InChI is InChI=1S/C15H21NO4/c1-2-3-4-5-14(18)16-13(15(19)20)10-11-6-8-12(17)9-7-11/h6-9,13,17H,2-5,10H2,1H3,(H,16,18)(H,19,20)/t13-/m1/s1. The molecule has 0 aliphatic rings. The van der Waals surface area contributed by atoms with Gasteiger partial charge in [0.1, 0.15) is 11.8 Å². The Kier molecular flexibility index (Phi) is 6.56. The maximum absolute atomic E-state index is 11.7. The number of nitrogens with one attached hydrogen (secondary N) is 1. The number of carbonyl (C=O) groups excluding carboxylic acids is 1. The van der Waals surface area contributed by atoms with E-state index in [0.29, 0.717) is 6.42 Å². The summed E-state index contributed by atoms with van der Waals surface area (Å²) in [5.41, 5.74) is 0.754. The summed E-state index contributed by atoms with van der Waals surface area (Å²) in [5, 5.41) is 20.9. The maximum Gasteiger partial charge on any atom is 0.326 e. The van der Waals surface area contributed by atoms with Gasteiger partial charge in [-0.1, -0.05) is 31.9 Å². The number of aliphatic carboxylic acids is 1. The highest BCUT2D eigenvalue weighted by molar-refractivity contribution is 5.83. The number of carboxylic acids is 1. The average Bonchev–Trinajstić information content (AvgIpc) is 2.40. The lowest BCUT2D eigenvalue weighted by molar-refractivity contribution is -0.141. The van der Waals surface area contributed by atoms with E-state index >= 15 is 0 Å². The Morgan fingerprint density at radius 2 is 1.85 bits per heavy atom. The van der Waals surface area contributed by atoms with E-state index in [1.54, 1.807) is 12.1 Å². The van der Waals surface area contributed by atoms with Crippen molar-refractivity contribution in [1.82, 2.24) is 5.32 Å². The Labute approximate surface area is 118 Å². The van der Waals surface area contributed by atoms with Crippen molar-refractivity contribution in [3.05, 3.63) is 29.8 Å². The van der Waals surface area contributed by atoms with Crippen LogP contribution in [0.3, 0.4) is 0 Å². The number of rotatable bonds is 8. The van der Waals surface area contributed by atoms with Crippen molar-refractivity contribution in [3.8, 4) is 5.75 Å². The van der Waals surface area contributed by atoms with Gasteiger partial charge in [-0.3, -0.25) is 4.79 Å². The minimum atomic E-state index is -1.05. The van der Waals surface area contributed by atoms with Crippen LogP contribution in [0, 0.1) is 0 Å². The molecule has 1 amide bonds. The molecular weight excluding hydrogens is 258 g/mol. The van der Waals surface area contributed by atoms with E-state index in [4.69, 9.17) is 5.11 Å².